The minimum atomic E-state index is -0.360. The summed E-state index contributed by atoms with van der Waals surface area (Å²) in [6, 6.07) is 15.9. The van der Waals surface area contributed by atoms with E-state index in [-0.39, 0.29) is 12.0 Å². The van der Waals surface area contributed by atoms with Crippen molar-refractivity contribution in [2.75, 3.05) is 55.8 Å². The van der Waals surface area contributed by atoms with Gasteiger partial charge in [0, 0.05) is 50.1 Å². The number of anilines is 3. The minimum absolute atomic E-state index is 0.179. The van der Waals surface area contributed by atoms with Crippen LogP contribution in [0.2, 0.25) is 0 Å². The molecule has 0 saturated carbocycles. The fraction of sp³-hybridized carbons (Fsp3) is 0.381. The Kier molecular flexibility index (Phi) is 6.19. The highest BCUT2D eigenvalue weighted by Gasteiger charge is 2.20. The summed E-state index contributed by atoms with van der Waals surface area (Å²) < 4.78 is 4.87. The van der Waals surface area contributed by atoms with Crippen LogP contribution in [0, 0.1) is 0 Å². The summed E-state index contributed by atoms with van der Waals surface area (Å²) in [5, 5.41) is 3.42. The summed E-state index contributed by atoms with van der Waals surface area (Å²) >= 11 is 0. The van der Waals surface area contributed by atoms with Crippen molar-refractivity contribution in [2.45, 2.75) is 13.0 Å². The molecule has 1 unspecified atom stereocenters. The molecule has 1 atom stereocenters. The van der Waals surface area contributed by atoms with Gasteiger partial charge in [0.1, 0.15) is 0 Å². The maximum absolute atomic E-state index is 12.0. The number of carbonyl (C=O) groups is 1. The van der Waals surface area contributed by atoms with Gasteiger partial charge in [0.2, 0.25) is 0 Å². The van der Waals surface area contributed by atoms with E-state index in [4.69, 9.17) is 10.5 Å². The van der Waals surface area contributed by atoms with Crippen LogP contribution >= 0.6 is 0 Å². The van der Waals surface area contributed by atoms with Gasteiger partial charge in [-0.25, -0.2) is 4.79 Å². The maximum atomic E-state index is 12.0. The molecule has 144 valence electrons. The number of carbonyl (C=O) groups excluding carboxylic acids is 1. The lowest BCUT2D eigenvalue weighted by molar-refractivity contribution is 0.0602. The van der Waals surface area contributed by atoms with Crippen LogP contribution in [0.4, 0.5) is 17.1 Å². The number of nitrogens with one attached hydrogen (secondary N) is 1. The van der Waals surface area contributed by atoms with E-state index in [1.54, 1.807) is 18.2 Å². The smallest absolute Gasteiger partial charge is 0.339 e. The lowest BCUT2D eigenvalue weighted by atomic mass is 10.1. The van der Waals surface area contributed by atoms with Gasteiger partial charge in [-0.05, 0) is 37.3 Å². The molecule has 2 aromatic carbocycles. The van der Waals surface area contributed by atoms with E-state index in [2.05, 4.69) is 46.3 Å². The second-order valence-corrected chi connectivity index (χ2v) is 6.97. The Morgan fingerprint density at radius 3 is 2.52 bits per heavy atom. The summed E-state index contributed by atoms with van der Waals surface area (Å²) in [5.41, 5.74) is 9.02. The Hall–Kier alpha value is -2.73. The molecule has 1 saturated heterocycles. The van der Waals surface area contributed by atoms with Crippen molar-refractivity contribution in [3.05, 3.63) is 54.1 Å². The summed E-state index contributed by atoms with van der Waals surface area (Å²) in [7, 11) is 1.39. The molecule has 6 heteroatoms. The first-order valence-electron chi connectivity index (χ1n) is 9.33. The number of ether oxygens (including phenoxy) is 1. The molecule has 0 spiro atoms. The first-order valence-corrected chi connectivity index (χ1v) is 9.33. The predicted octanol–water partition coefficient (Wildman–Crippen LogP) is 2.68. The molecular formula is C21H28N4O2. The molecule has 1 aliphatic rings. The van der Waals surface area contributed by atoms with Crippen molar-refractivity contribution in [3.8, 4) is 0 Å². The van der Waals surface area contributed by atoms with Crippen molar-refractivity contribution in [2.24, 2.45) is 0 Å². The zero-order chi connectivity index (χ0) is 19.2. The van der Waals surface area contributed by atoms with Crippen LogP contribution in [0.15, 0.2) is 48.5 Å². The van der Waals surface area contributed by atoms with Gasteiger partial charge in [0.25, 0.3) is 0 Å². The monoisotopic (exact) mass is 368 g/mol. The second kappa shape index (κ2) is 8.77. The van der Waals surface area contributed by atoms with Crippen LogP contribution in [0.25, 0.3) is 0 Å². The van der Waals surface area contributed by atoms with E-state index < -0.39 is 0 Å². The Labute approximate surface area is 160 Å². The van der Waals surface area contributed by atoms with Gasteiger partial charge >= 0.3 is 5.97 Å². The van der Waals surface area contributed by atoms with Crippen LogP contribution < -0.4 is 16.0 Å². The van der Waals surface area contributed by atoms with Crippen LogP contribution in [0.3, 0.4) is 0 Å². The molecule has 0 aromatic heterocycles. The number of nitrogens with zero attached hydrogens (tertiary/aromatic N) is 2. The van der Waals surface area contributed by atoms with E-state index in [1.807, 2.05) is 6.07 Å². The van der Waals surface area contributed by atoms with Gasteiger partial charge in [0.15, 0.2) is 0 Å². The highest BCUT2D eigenvalue weighted by Crippen LogP contribution is 2.22. The van der Waals surface area contributed by atoms with Crippen molar-refractivity contribution in [1.82, 2.24) is 4.90 Å². The maximum Gasteiger partial charge on any atom is 0.339 e. The lowest BCUT2D eigenvalue weighted by Gasteiger charge is -2.37. The summed E-state index contributed by atoms with van der Waals surface area (Å²) in [5.74, 6) is -0.360. The number of nitrogen functional groups attached to an aromatic ring is 1. The fourth-order valence-electron chi connectivity index (χ4n) is 3.50. The highest BCUT2D eigenvalue weighted by molar-refractivity contribution is 5.96. The van der Waals surface area contributed by atoms with Gasteiger partial charge in [0.05, 0.1) is 18.4 Å². The average molecular weight is 368 g/mol. The van der Waals surface area contributed by atoms with Crippen molar-refractivity contribution in [1.29, 1.82) is 0 Å². The minimum Gasteiger partial charge on any atom is -0.465 e. The van der Waals surface area contributed by atoms with Crippen molar-refractivity contribution < 1.29 is 9.53 Å². The predicted molar refractivity (Wildman–Crippen MR) is 110 cm³/mol. The van der Waals surface area contributed by atoms with E-state index in [9.17, 15) is 4.79 Å². The first kappa shape index (κ1) is 19.0. The molecule has 6 nitrogen and oxygen atoms in total. The zero-order valence-corrected chi connectivity index (χ0v) is 16.0. The van der Waals surface area contributed by atoms with Crippen molar-refractivity contribution >= 4 is 23.0 Å². The Balaban J connectivity index is 1.55. The highest BCUT2D eigenvalue weighted by atomic mass is 16.5. The Morgan fingerprint density at radius 1 is 1.15 bits per heavy atom. The molecule has 3 rings (SSSR count). The number of para-hydroxylation sites is 1. The largest absolute Gasteiger partial charge is 0.465 e. The molecule has 0 radical (unpaired) electrons. The van der Waals surface area contributed by atoms with E-state index >= 15 is 0 Å². The van der Waals surface area contributed by atoms with Crippen LogP contribution in [0.5, 0.6) is 0 Å². The fourth-order valence-corrected chi connectivity index (χ4v) is 3.50. The van der Waals surface area contributed by atoms with Gasteiger partial charge in [-0.15, -0.1) is 0 Å². The van der Waals surface area contributed by atoms with E-state index in [0.29, 0.717) is 11.3 Å². The number of rotatable bonds is 6. The standard InChI is InChI=1S/C21H28N4O2/c1-16(23-20-14-17(22)8-9-19(20)21(26)27-2)15-24-10-12-25(13-11-24)18-6-4-3-5-7-18/h3-9,14,16,23H,10-13,15,22H2,1-2H3. The topological polar surface area (TPSA) is 70.8 Å². The Morgan fingerprint density at radius 2 is 1.85 bits per heavy atom. The van der Waals surface area contributed by atoms with Gasteiger partial charge in [-0.1, -0.05) is 18.2 Å². The first-order chi connectivity index (χ1) is 13.1. The van der Waals surface area contributed by atoms with Gasteiger partial charge in [-0.3, -0.25) is 4.90 Å². The normalized spacial score (nSPS) is 16.0. The third-order valence-electron chi connectivity index (χ3n) is 4.88. The summed E-state index contributed by atoms with van der Waals surface area (Å²) in [4.78, 5) is 16.8. The molecular weight excluding hydrogens is 340 g/mol. The van der Waals surface area contributed by atoms with E-state index in [1.165, 1.54) is 12.8 Å². The number of nitrogens with two attached hydrogens (primary N) is 1. The van der Waals surface area contributed by atoms with Crippen molar-refractivity contribution in [3.63, 3.8) is 0 Å². The van der Waals surface area contributed by atoms with Gasteiger partial charge in [-0.2, -0.15) is 0 Å². The Bertz CT molecular complexity index is 758. The number of hydrogen-bond acceptors (Lipinski definition) is 6. The molecule has 3 N–H and O–H groups in total. The number of esters is 1. The molecule has 1 heterocycles. The molecule has 0 bridgehead atoms. The molecule has 0 aliphatic carbocycles. The quantitative estimate of drug-likeness (QED) is 0.603. The molecule has 1 fully saturated rings. The number of methoxy groups -OCH3 is 1. The third-order valence-corrected chi connectivity index (χ3v) is 4.88. The molecule has 1 aliphatic heterocycles. The summed E-state index contributed by atoms with van der Waals surface area (Å²) in [6.07, 6.45) is 0. The average Bonchev–Trinajstić information content (AvgIpc) is 2.69. The third kappa shape index (κ3) is 4.92. The molecule has 0 amide bonds. The van der Waals surface area contributed by atoms with Crippen LogP contribution in [-0.2, 0) is 4.74 Å². The lowest BCUT2D eigenvalue weighted by Crippen LogP contribution is -2.49. The SMILES string of the molecule is COC(=O)c1ccc(N)cc1NC(C)CN1CCN(c2ccccc2)CC1. The number of benzene rings is 2. The van der Waals surface area contributed by atoms with E-state index in [0.717, 1.165) is 38.4 Å². The number of piperazine rings is 1. The van der Waals surface area contributed by atoms with Crippen LogP contribution in [-0.4, -0.2) is 56.7 Å². The second-order valence-electron chi connectivity index (χ2n) is 6.97. The molecule has 27 heavy (non-hydrogen) atoms. The van der Waals surface area contributed by atoms with Gasteiger partial charge < -0.3 is 20.7 Å². The zero-order valence-electron chi connectivity index (χ0n) is 16.0. The van der Waals surface area contributed by atoms with Crippen LogP contribution in [0.1, 0.15) is 17.3 Å². The number of hydrogen-bond donors (Lipinski definition) is 2. The molecule has 2 aromatic rings. The summed E-state index contributed by atoms with van der Waals surface area (Å²) in [6.45, 7) is 7.08.